The van der Waals surface area contributed by atoms with E-state index in [1.165, 1.54) is 6.07 Å². The summed E-state index contributed by atoms with van der Waals surface area (Å²) in [6, 6.07) is 6.84. The van der Waals surface area contributed by atoms with Gasteiger partial charge >= 0.3 is 0 Å². The molecule has 22 heavy (non-hydrogen) atoms. The van der Waals surface area contributed by atoms with Gasteiger partial charge in [0.25, 0.3) is 0 Å². The minimum absolute atomic E-state index is 0.158. The smallest absolute Gasteiger partial charge is 0.190 e. The third-order valence-corrected chi connectivity index (χ3v) is 3.08. The maximum absolute atomic E-state index is 13.5. The highest BCUT2D eigenvalue weighted by Gasteiger charge is 2.01. The van der Waals surface area contributed by atoms with Crippen LogP contribution in [0.1, 0.15) is 25.8 Å². The first-order chi connectivity index (χ1) is 10.6. The van der Waals surface area contributed by atoms with Gasteiger partial charge < -0.3 is 15.4 Å². The Hall–Kier alpha value is -1.62. The Bertz CT molecular complexity index is 449. The van der Waals surface area contributed by atoms with E-state index in [9.17, 15) is 4.39 Å². The van der Waals surface area contributed by atoms with Crippen LogP contribution in [0.2, 0.25) is 0 Å². The molecule has 0 saturated carbocycles. The predicted molar refractivity (Wildman–Crippen MR) is 89.7 cm³/mol. The third-order valence-electron chi connectivity index (χ3n) is 3.08. The highest BCUT2D eigenvalue weighted by atomic mass is 19.1. The maximum atomic E-state index is 13.5. The molecule has 2 N–H and O–H groups in total. The molecule has 0 aromatic heterocycles. The molecule has 0 heterocycles. The summed E-state index contributed by atoms with van der Waals surface area (Å²) in [5.41, 5.74) is 0.715. The van der Waals surface area contributed by atoms with Gasteiger partial charge in [-0.3, -0.25) is 4.99 Å². The number of nitrogens with one attached hydrogen (secondary N) is 2. The summed E-state index contributed by atoms with van der Waals surface area (Å²) < 4.78 is 19.0. The van der Waals surface area contributed by atoms with Crippen molar-refractivity contribution >= 4 is 5.96 Å². The number of rotatable bonds is 9. The minimum Gasteiger partial charge on any atom is -0.381 e. The first-order valence-electron chi connectivity index (χ1n) is 7.89. The summed E-state index contributed by atoms with van der Waals surface area (Å²) in [5, 5.41) is 6.41. The lowest BCUT2D eigenvalue weighted by Crippen LogP contribution is -2.39. The fourth-order valence-electron chi connectivity index (χ4n) is 1.94. The Morgan fingerprint density at radius 3 is 2.64 bits per heavy atom. The largest absolute Gasteiger partial charge is 0.381 e. The van der Waals surface area contributed by atoms with Gasteiger partial charge in [-0.2, -0.15) is 0 Å². The molecular formula is C17H28FN3O. The van der Waals surface area contributed by atoms with Crippen LogP contribution in [-0.2, 0) is 11.2 Å². The summed E-state index contributed by atoms with van der Waals surface area (Å²) in [6.07, 6.45) is 1.56. The average molecular weight is 309 g/mol. The zero-order valence-electron chi connectivity index (χ0n) is 13.9. The Kier molecular flexibility index (Phi) is 9.23. The van der Waals surface area contributed by atoms with Crippen molar-refractivity contribution in [1.29, 1.82) is 0 Å². The average Bonchev–Trinajstić information content (AvgIpc) is 2.50. The van der Waals surface area contributed by atoms with Gasteiger partial charge in [0.1, 0.15) is 5.82 Å². The van der Waals surface area contributed by atoms with Gasteiger partial charge in [0, 0.05) is 33.4 Å². The molecule has 0 bridgehead atoms. The Labute approximate surface area is 133 Å². The van der Waals surface area contributed by atoms with E-state index >= 15 is 0 Å². The summed E-state index contributed by atoms with van der Waals surface area (Å²) >= 11 is 0. The van der Waals surface area contributed by atoms with Crippen molar-refractivity contribution in [2.75, 3.05) is 33.4 Å². The van der Waals surface area contributed by atoms with Crippen LogP contribution >= 0.6 is 0 Å². The lowest BCUT2D eigenvalue weighted by atomic mass is 10.1. The number of benzene rings is 1. The van der Waals surface area contributed by atoms with Crippen LogP contribution < -0.4 is 10.6 Å². The van der Waals surface area contributed by atoms with Crippen molar-refractivity contribution in [3.05, 3.63) is 35.6 Å². The lowest BCUT2D eigenvalue weighted by molar-refractivity contribution is 0.108. The lowest BCUT2D eigenvalue weighted by Gasteiger charge is -2.12. The van der Waals surface area contributed by atoms with Gasteiger partial charge in [0.2, 0.25) is 0 Å². The number of halogens is 1. The topological polar surface area (TPSA) is 45.7 Å². The fourth-order valence-corrected chi connectivity index (χ4v) is 1.94. The second kappa shape index (κ2) is 11.0. The molecule has 5 heteroatoms. The molecule has 0 spiro atoms. The third kappa shape index (κ3) is 7.98. The molecule has 1 aromatic rings. The Balaban J connectivity index is 2.14. The van der Waals surface area contributed by atoms with Crippen molar-refractivity contribution in [2.24, 2.45) is 10.9 Å². The highest BCUT2D eigenvalue weighted by molar-refractivity contribution is 5.79. The molecule has 0 radical (unpaired) electrons. The first-order valence-corrected chi connectivity index (χ1v) is 7.89. The molecule has 0 aliphatic heterocycles. The van der Waals surface area contributed by atoms with Crippen LogP contribution in [0.3, 0.4) is 0 Å². The van der Waals surface area contributed by atoms with Crippen LogP contribution in [0.5, 0.6) is 0 Å². The molecule has 0 aliphatic rings. The minimum atomic E-state index is -0.158. The number of ether oxygens (including phenoxy) is 1. The SMILES string of the molecule is CN=C(NCCCOCC(C)C)NCCc1ccccc1F. The predicted octanol–water partition coefficient (Wildman–Crippen LogP) is 2.60. The number of hydrogen-bond donors (Lipinski definition) is 2. The number of guanidine groups is 1. The molecule has 124 valence electrons. The van der Waals surface area contributed by atoms with E-state index in [-0.39, 0.29) is 5.82 Å². The van der Waals surface area contributed by atoms with Crippen molar-refractivity contribution in [3.8, 4) is 0 Å². The maximum Gasteiger partial charge on any atom is 0.190 e. The van der Waals surface area contributed by atoms with E-state index in [0.29, 0.717) is 24.4 Å². The number of aliphatic imine (C=N–C) groups is 1. The summed E-state index contributed by atoms with van der Waals surface area (Å²) in [7, 11) is 1.73. The van der Waals surface area contributed by atoms with Crippen molar-refractivity contribution in [3.63, 3.8) is 0 Å². The van der Waals surface area contributed by atoms with Crippen LogP contribution in [0.4, 0.5) is 4.39 Å². The second-order valence-corrected chi connectivity index (χ2v) is 5.59. The molecule has 1 rings (SSSR count). The Morgan fingerprint density at radius 1 is 1.23 bits per heavy atom. The standard InChI is InChI=1S/C17H28FN3O/c1-14(2)13-22-12-6-10-20-17(19-3)21-11-9-15-7-4-5-8-16(15)18/h4-5,7-8,14H,6,9-13H2,1-3H3,(H2,19,20,21). The van der Waals surface area contributed by atoms with E-state index in [1.807, 2.05) is 6.07 Å². The van der Waals surface area contributed by atoms with Crippen molar-refractivity contribution < 1.29 is 9.13 Å². The van der Waals surface area contributed by atoms with Crippen LogP contribution in [0, 0.1) is 11.7 Å². The molecule has 4 nitrogen and oxygen atoms in total. The second-order valence-electron chi connectivity index (χ2n) is 5.59. The summed E-state index contributed by atoms with van der Waals surface area (Å²) in [4.78, 5) is 4.15. The fraction of sp³-hybridized carbons (Fsp3) is 0.588. The molecule has 0 atom stereocenters. The molecule has 0 fully saturated rings. The van der Waals surface area contributed by atoms with Gasteiger partial charge in [-0.05, 0) is 30.4 Å². The van der Waals surface area contributed by atoms with E-state index in [0.717, 1.165) is 32.1 Å². The van der Waals surface area contributed by atoms with Crippen LogP contribution in [0.15, 0.2) is 29.3 Å². The molecule has 0 amide bonds. The van der Waals surface area contributed by atoms with Crippen LogP contribution in [0.25, 0.3) is 0 Å². The first kappa shape index (κ1) is 18.4. The molecule has 0 saturated heterocycles. The zero-order valence-corrected chi connectivity index (χ0v) is 13.9. The molecule has 1 aromatic carbocycles. The monoisotopic (exact) mass is 309 g/mol. The van der Waals surface area contributed by atoms with Gasteiger partial charge in [0.15, 0.2) is 5.96 Å². The van der Waals surface area contributed by atoms with E-state index in [2.05, 4.69) is 29.5 Å². The van der Waals surface area contributed by atoms with E-state index < -0.39 is 0 Å². The normalized spacial score (nSPS) is 11.8. The quantitative estimate of drug-likeness (QED) is 0.419. The van der Waals surface area contributed by atoms with Gasteiger partial charge in [-0.25, -0.2) is 4.39 Å². The van der Waals surface area contributed by atoms with Crippen LogP contribution in [-0.4, -0.2) is 39.3 Å². The van der Waals surface area contributed by atoms with E-state index in [1.54, 1.807) is 19.2 Å². The van der Waals surface area contributed by atoms with Crippen molar-refractivity contribution in [1.82, 2.24) is 10.6 Å². The Morgan fingerprint density at radius 2 is 1.95 bits per heavy atom. The summed E-state index contributed by atoms with van der Waals surface area (Å²) in [6.45, 7) is 7.27. The molecular weight excluding hydrogens is 281 g/mol. The van der Waals surface area contributed by atoms with Gasteiger partial charge in [-0.15, -0.1) is 0 Å². The van der Waals surface area contributed by atoms with Crippen molar-refractivity contribution in [2.45, 2.75) is 26.7 Å². The highest BCUT2D eigenvalue weighted by Crippen LogP contribution is 2.05. The number of hydrogen-bond acceptors (Lipinski definition) is 2. The van der Waals surface area contributed by atoms with Gasteiger partial charge in [-0.1, -0.05) is 32.0 Å². The molecule has 0 unspecified atom stereocenters. The summed E-state index contributed by atoms with van der Waals surface area (Å²) in [5.74, 6) is 1.15. The molecule has 0 aliphatic carbocycles. The number of nitrogens with zero attached hydrogens (tertiary/aromatic N) is 1. The van der Waals surface area contributed by atoms with E-state index in [4.69, 9.17) is 4.74 Å². The van der Waals surface area contributed by atoms with Gasteiger partial charge in [0.05, 0.1) is 0 Å². The zero-order chi connectivity index (χ0) is 16.2.